The summed E-state index contributed by atoms with van der Waals surface area (Å²) in [6.07, 6.45) is 1.39. The molecule has 9 nitrogen and oxygen atoms in total. The Morgan fingerprint density at radius 1 is 1.21 bits per heavy atom. The lowest BCUT2D eigenvalue weighted by Crippen LogP contribution is -2.49. The maximum Gasteiger partial charge on any atom is 0.335 e. The number of hydrogen-bond acceptors (Lipinski definition) is 7. The highest BCUT2D eigenvalue weighted by Crippen LogP contribution is 2.34. The van der Waals surface area contributed by atoms with Gasteiger partial charge >= 0.3 is 5.97 Å². The molecule has 9 heteroatoms. The molecule has 0 spiro atoms. The van der Waals surface area contributed by atoms with Crippen molar-refractivity contribution in [3.63, 3.8) is 0 Å². The molecule has 1 amide bonds. The molecule has 3 aromatic rings. The smallest absolute Gasteiger partial charge is 0.335 e. The number of carboxylic acid groups (broad SMARTS) is 1. The van der Waals surface area contributed by atoms with Crippen LogP contribution >= 0.6 is 0 Å². The topological polar surface area (TPSA) is 112 Å². The number of likely N-dealkylation sites (N-methyl/N-ethyl adjacent to an activating group) is 1. The monoisotopic (exact) mass is 533 g/mol. The minimum atomic E-state index is -0.956. The van der Waals surface area contributed by atoms with Crippen molar-refractivity contribution < 1.29 is 29.3 Å². The van der Waals surface area contributed by atoms with Gasteiger partial charge in [-0.1, -0.05) is 37.3 Å². The molecule has 1 aliphatic heterocycles. The summed E-state index contributed by atoms with van der Waals surface area (Å²) >= 11 is 0. The van der Waals surface area contributed by atoms with Gasteiger partial charge in [-0.15, -0.1) is 0 Å². The van der Waals surface area contributed by atoms with Crippen LogP contribution in [0.4, 0.5) is 0 Å². The fourth-order valence-corrected chi connectivity index (χ4v) is 4.79. The number of pyridine rings is 1. The Balaban J connectivity index is 1.64. The zero-order valence-corrected chi connectivity index (χ0v) is 22.7. The Labute approximate surface area is 228 Å². The molecule has 3 atom stereocenters. The first-order chi connectivity index (χ1) is 18.7. The minimum absolute atomic E-state index is 0.0522. The lowest BCUT2D eigenvalue weighted by Gasteiger charge is -2.37. The van der Waals surface area contributed by atoms with Crippen LogP contribution in [0.2, 0.25) is 0 Å². The van der Waals surface area contributed by atoms with E-state index in [1.54, 1.807) is 36.4 Å². The lowest BCUT2D eigenvalue weighted by molar-refractivity contribution is 0.0325. The molecule has 4 rings (SSSR count). The van der Waals surface area contributed by atoms with E-state index in [9.17, 15) is 14.7 Å². The quantitative estimate of drug-likeness (QED) is 0.427. The van der Waals surface area contributed by atoms with Gasteiger partial charge in [0.05, 0.1) is 25.3 Å². The number of aliphatic hydroxyl groups is 1. The third-order valence-corrected chi connectivity index (χ3v) is 7.08. The Morgan fingerprint density at radius 3 is 2.59 bits per heavy atom. The van der Waals surface area contributed by atoms with E-state index in [0.717, 1.165) is 16.7 Å². The number of carbonyl (C=O) groups is 2. The third-order valence-electron chi connectivity index (χ3n) is 7.08. The number of hydrogen-bond donors (Lipinski definition) is 2. The van der Waals surface area contributed by atoms with Crippen LogP contribution in [0.15, 0.2) is 60.8 Å². The third kappa shape index (κ3) is 6.38. The lowest BCUT2D eigenvalue weighted by atomic mass is 9.98. The SMILES string of the molecule is COc1ccccc1-c1cnc2c(c1)C(=O)N([C@@H](C)CO)C[C@@H](C)[C@@H](CN(C)Cc1ccc(C(=O)O)cc1)O2. The van der Waals surface area contributed by atoms with Crippen LogP contribution in [0.25, 0.3) is 11.1 Å². The zero-order chi connectivity index (χ0) is 28.1. The van der Waals surface area contributed by atoms with Crippen LogP contribution in [0, 0.1) is 5.92 Å². The predicted molar refractivity (Wildman–Crippen MR) is 147 cm³/mol. The first kappa shape index (κ1) is 28.1. The van der Waals surface area contributed by atoms with E-state index in [1.165, 1.54) is 0 Å². The van der Waals surface area contributed by atoms with Crippen molar-refractivity contribution in [2.45, 2.75) is 32.5 Å². The molecule has 0 unspecified atom stereocenters. The van der Waals surface area contributed by atoms with Crippen molar-refractivity contribution >= 4 is 11.9 Å². The van der Waals surface area contributed by atoms with Gasteiger partial charge in [0, 0.05) is 42.9 Å². The second-order valence-corrected chi connectivity index (χ2v) is 10.1. The van der Waals surface area contributed by atoms with Gasteiger partial charge in [0.2, 0.25) is 5.88 Å². The largest absolute Gasteiger partial charge is 0.496 e. The van der Waals surface area contributed by atoms with E-state index < -0.39 is 5.97 Å². The maximum atomic E-state index is 13.7. The number of rotatable bonds is 9. The van der Waals surface area contributed by atoms with Crippen LogP contribution in [-0.2, 0) is 6.54 Å². The van der Waals surface area contributed by atoms with Crippen molar-refractivity contribution in [1.29, 1.82) is 0 Å². The molecule has 206 valence electrons. The number of methoxy groups -OCH3 is 1. The molecule has 0 saturated carbocycles. The zero-order valence-electron chi connectivity index (χ0n) is 22.7. The molecular weight excluding hydrogens is 498 g/mol. The molecule has 39 heavy (non-hydrogen) atoms. The Morgan fingerprint density at radius 2 is 1.92 bits per heavy atom. The van der Waals surface area contributed by atoms with Gasteiger partial charge < -0.3 is 24.6 Å². The van der Waals surface area contributed by atoms with E-state index in [-0.39, 0.29) is 42.0 Å². The van der Waals surface area contributed by atoms with Gasteiger partial charge in [-0.05, 0) is 43.8 Å². The average Bonchev–Trinajstić information content (AvgIpc) is 2.94. The number of aromatic carboxylic acids is 1. The molecule has 0 bridgehead atoms. The number of benzene rings is 2. The molecule has 1 aromatic heterocycles. The second-order valence-electron chi connectivity index (χ2n) is 10.1. The maximum absolute atomic E-state index is 13.7. The summed E-state index contributed by atoms with van der Waals surface area (Å²) in [6, 6.07) is 15.7. The summed E-state index contributed by atoms with van der Waals surface area (Å²) in [5.74, 6) is -0.326. The van der Waals surface area contributed by atoms with E-state index in [0.29, 0.717) is 30.9 Å². The molecule has 2 N–H and O–H groups in total. The van der Waals surface area contributed by atoms with Gasteiger partial charge in [0.25, 0.3) is 5.91 Å². The molecule has 0 fully saturated rings. The first-order valence-corrected chi connectivity index (χ1v) is 12.9. The van der Waals surface area contributed by atoms with Gasteiger partial charge in [0.15, 0.2) is 0 Å². The molecule has 2 heterocycles. The van der Waals surface area contributed by atoms with Crippen LogP contribution in [-0.4, -0.2) is 82.9 Å². The summed E-state index contributed by atoms with van der Waals surface area (Å²) in [5.41, 5.74) is 3.10. The molecule has 0 saturated heterocycles. The van der Waals surface area contributed by atoms with Crippen LogP contribution in [0.1, 0.15) is 40.1 Å². The highest BCUT2D eigenvalue weighted by molar-refractivity contribution is 5.98. The summed E-state index contributed by atoms with van der Waals surface area (Å²) < 4.78 is 11.9. The number of carbonyl (C=O) groups excluding carboxylic acids is 1. The van der Waals surface area contributed by atoms with E-state index in [2.05, 4.69) is 9.88 Å². The highest BCUT2D eigenvalue weighted by Gasteiger charge is 2.34. The van der Waals surface area contributed by atoms with Gasteiger partial charge in [-0.2, -0.15) is 0 Å². The number of amides is 1. The summed E-state index contributed by atoms with van der Waals surface area (Å²) in [6.45, 7) is 5.24. The average molecular weight is 534 g/mol. The number of fused-ring (bicyclic) bond motifs is 1. The van der Waals surface area contributed by atoms with Crippen molar-refractivity contribution in [2.75, 3.05) is 33.9 Å². The number of aliphatic hydroxyl groups excluding tert-OH is 1. The summed E-state index contributed by atoms with van der Waals surface area (Å²) in [4.78, 5) is 33.3. The first-order valence-electron chi connectivity index (χ1n) is 12.9. The number of para-hydroxylation sites is 1. The normalized spacial score (nSPS) is 18.1. The van der Waals surface area contributed by atoms with Crippen molar-refractivity contribution in [2.24, 2.45) is 5.92 Å². The van der Waals surface area contributed by atoms with Gasteiger partial charge in [-0.25, -0.2) is 9.78 Å². The van der Waals surface area contributed by atoms with Crippen molar-refractivity contribution in [3.05, 3.63) is 77.5 Å². The molecule has 1 aliphatic rings. The summed E-state index contributed by atoms with van der Waals surface area (Å²) in [7, 11) is 3.57. The van der Waals surface area contributed by atoms with Crippen molar-refractivity contribution in [1.82, 2.24) is 14.8 Å². The van der Waals surface area contributed by atoms with E-state index >= 15 is 0 Å². The number of ether oxygens (including phenoxy) is 2. The number of nitrogens with zero attached hydrogens (tertiary/aromatic N) is 3. The minimum Gasteiger partial charge on any atom is -0.496 e. The summed E-state index contributed by atoms with van der Waals surface area (Å²) in [5, 5.41) is 19.1. The fraction of sp³-hybridized carbons (Fsp3) is 0.367. The number of aromatic nitrogens is 1. The molecular formula is C30H35N3O6. The second kappa shape index (κ2) is 12.3. The van der Waals surface area contributed by atoms with Gasteiger partial charge in [-0.3, -0.25) is 9.69 Å². The van der Waals surface area contributed by atoms with E-state index in [4.69, 9.17) is 14.6 Å². The predicted octanol–water partition coefficient (Wildman–Crippen LogP) is 3.81. The Kier molecular flexibility index (Phi) is 8.83. The highest BCUT2D eigenvalue weighted by atomic mass is 16.5. The van der Waals surface area contributed by atoms with Crippen LogP contribution < -0.4 is 9.47 Å². The number of carboxylic acids is 1. The molecule has 0 radical (unpaired) electrons. The van der Waals surface area contributed by atoms with Gasteiger partial charge in [0.1, 0.15) is 17.4 Å². The van der Waals surface area contributed by atoms with E-state index in [1.807, 2.05) is 57.3 Å². The van der Waals surface area contributed by atoms with Crippen LogP contribution in [0.5, 0.6) is 11.6 Å². The molecule has 0 aliphatic carbocycles. The van der Waals surface area contributed by atoms with Crippen molar-refractivity contribution in [3.8, 4) is 22.8 Å². The fourth-order valence-electron chi connectivity index (χ4n) is 4.79. The van der Waals surface area contributed by atoms with Crippen LogP contribution in [0.3, 0.4) is 0 Å². The Hall–Kier alpha value is -3.95. The standard InChI is InChI=1S/C30H35N3O6/c1-19-15-33(20(2)18-34)29(35)25-13-23(24-7-5-6-8-26(24)38-4)14-31-28(25)39-27(19)17-32(3)16-21-9-11-22(12-10-21)30(36)37/h5-14,19-20,27,34H,15-18H2,1-4H3,(H,36,37)/t19-,20+,27-/m1/s1. The Bertz CT molecular complexity index is 1310. The molecule has 2 aromatic carbocycles.